The molecule has 16 heavy (non-hydrogen) atoms. The molecule has 0 atom stereocenters. The summed E-state index contributed by atoms with van der Waals surface area (Å²) < 4.78 is 7.36. The van der Waals surface area contributed by atoms with Crippen LogP contribution in [0.25, 0.3) is 0 Å². The molecule has 2 aromatic rings. The van der Waals surface area contributed by atoms with E-state index in [9.17, 15) is 0 Å². The van der Waals surface area contributed by atoms with Crippen LogP contribution in [0.15, 0.2) is 34.9 Å². The van der Waals surface area contributed by atoms with E-state index in [-0.39, 0.29) is 6.04 Å². The minimum atomic E-state index is 0.287. The van der Waals surface area contributed by atoms with Crippen molar-refractivity contribution in [3.05, 3.63) is 47.7 Å². The van der Waals surface area contributed by atoms with Crippen LogP contribution in [0, 0.1) is 11.3 Å². The highest BCUT2D eigenvalue weighted by atomic mass is 16.3. The van der Waals surface area contributed by atoms with Crippen molar-refractivity contribution in [2.75, 3.05) is 0 Å². The fraction of sp³-hybridized carbons (Fsp3) is 0.308. The fourth-order valence-electron chi connectivity index (χ4n) is 1.93. The van der Waals surface area contributed by atoms with Crippen LogP contribution in [-0.4, -0.2) is 4.57 Å². The minimum absolute atomic E-state index is 0.287. The normalized spacial score (nSPS) is 10.6. The van der Waals surface area contributed by atoms with Crippen LogP contribution in [0.3, 0.4) is 0 Å². The first kappa shape index (κ1) is 10.6. The summed E-state index contributed by atoms with van der Waals surface area (Å²) in [7, 11) is 0. The number of hydrogen-bond donors (Lipinski definition) is 0. The Hall–Kier alpha value is -1.95. The summed E-state index contributed by atoms with van der Waals surface area (Å²) in [5, 5.41) is 9.01. The monoisotopic (exact) mass is 214 g/mol. The molecule has 82 valence electrons. The Balaban J connectivity index is 2.35. The fourth-order valence-corrected chi connectivity index (χ4v) is 1.93. The SMILES string of the molecule is CC(C)n1c(C#N)ccc1Cc1ccco1. The second-order valence-corrected chi connectivity index (χ2v) is 4.04. The van der Waals surface area contributed by atoms with Gasteiger partial charge in [-0.2, -0.15) is 5.26 Å². The second kappa shape index (κ2) is 4.28. The maximum absolute atomic E-state index is 9.01. The molecule has 0 aromatic carbocycles. The topological polar surface area (TPSA) is 41.9 Å². The van der Waals surface area contributed by atoms with E-state index in [1.165, 1.54) is 0 Å². The van der Waals surface area contributed by atoms with Crippen molar-refractivity contribution >= 4 is 0 Å². The van der Waals surface area contributed by atoms with Crippen LogP contribution in [-0.2, 0) is 6.42 Å². The molecule has 0 spiro atoms. The van der Waals surface area contributed by atoms with E-state index in [0.717, 1.165) is 17.9 Å². The second-order valence-electron chi connectivity index (χ2n) is 4.04. The largest absolute Gasteiger partial charge is 0.469 e. The average molecular weight is 214 g/mol. The third-order valence-electron chi connectivity index (χ3n) is 2.57. The van der Waals surface area contributed by atoms with Crippen LogP contribution in [0.5, 0.6) is 0 Å². The Morgan fingerprint density at radius 1 is 1.38 bits per heavy atom. The molecule has 3 nitrogen and oxygen atoms in total. The predicted octanol–water partition coefficient (Wildman–Crippen LogP) is 3.12. The van der Waals surface area contributed by atoms with E-state index in [2.05, 4.69) is 19.9 Å². The van der Waals surface area contributed by atoms with Crippen LogP contribution in [0.4, 0.5) is 0 Å². The molecule has 2 aromatic heterocycles. The van der Waals surface area contributed by atoms with Gasteiger partial charge in [-0.3, -0.25) is 0 Å². The van der Waals surface area contributed by atoms with Crippen LogP contribution in [0.1, 0.15) is 37.0 Å². The first-order chi connectivity index (χ1) is 7.72. The summed E-state index contributed by atoms with van der Waals surface area (Å²) in [6.45, 7) is 4.15. The summed E-state index contributed by atoms with van der Waals surface area (Å²) in [4.78, 5) is 0. The number of rotatable bonds is 3. The molecule has 2 heterocycles. The minimum Gasteiger partial charge on any atom is -0.469 e. The van der Waals surface area contributed by atoms with Crippen molar-refractivity contribution in [1.82, 2.24) is 4.57 Å². The number of nitriles is 1. The molecule has 0 saturated carbocycles. The number of aromatic nitrogens is 1. The summed E-state index contributed by atoms with van der Waals surface area (Å²) in [6, 6.07) is 10.2. The van der Waals surface area contributed by atoms with Gasteiger partial charge in [0.1, 0.15) is 17.5 Å². The molecule has 0 N–H and O–H groups in total. The van der Waals surface area contributed by atoms with Crippen molar-refractivity contribution in [2.45, 2.75) is 26.3 Å². The Kier molecular flexibility index (Phi) is 2.82. The van der Waals surface area contributed by atoms with Crippen molar-refractivity contribution in [3.8, 4) is 6.07 Å². The van der Waals surface area contributed by atoms with Gasteiger partial charge < -0.3 is 8.98 Å². The summed E-state index contributed by atoms with van der Waals surface area (Å²) in [5.41, 5.74) is 1.82. The third kappa shape index (κ3) is 1.87. The molecule has 0 bridgehead atoms. The molecule has 0 saturated heterocycles. The van der Waals surface area contributed by atoms with E-state index < -0.39 is 0 Å². The third-order valence-corrected chi connectivity index (χ3v) is 2.57. The van der Waals surface area contributed by atoms with Crippen molar-refractivity contribution in [2.24, 2.45) is 0 Å². The molecule has 0 radical (unpaired) electrons. The summed E-state index contributed by atoms with van der Waals surface area (Å²) in [6.07, 6.45) is 2.40. The molecular formula is C13H14N2O. The van der Waals surface area contributed by atoms with E-state index in [0.29, 0.717) is 5.69 Å². The Labute approximate surface area is 94.9 Å². The van der Waals surface area contributed by atoms with E-state index >= 15 is 0 Å². The maximum atomic E-state index is 9.01. The summed E-state index contributed by atoms with van der Waals surface area (Å²) >= 11 is 0. The smallest absolute Gasteiger partial charge is 0.120 e. The van der Waals surface area contributed by atoms with Gasteiger partial charge in [-0.25, -0.2) is 0 Å². The van der Waals surface area contributed by atoms with Gasteiger partial charge in [-0.05, 0) is 38.1 Å². The first-order valence-electron chi connectivity index (χ1n) is 5.35. The highest BCUT2D eigenvalue weighted by molar-refractivity contribution is 5.29. The van der Waals surface area contributed by atoms with Gasteiger partial charge in [0, 0.05) is 18.2 Å². The van der Waals surface area contributed by atoms with Gasteiger partial charge in [0.05, 0.1) is 6.26 Å². The van der Waals surface area contributed by atoms with Gasteiger partial charge in [-0.15, -0.1) is 0 Å². The molecule has 0 aliphatic heterocycles. The Morgan fingerprint density at radius 3 is 2.75 bits per heavy atom. The molecule has 0 aliphatic carbocycles. The number of furan rings is 1. The maximum Gasteiger partial charge on any atom is 0.120 e. The zero-order chi connectivity index (χ0) is 11.5. The molecule has 0 aliphatic rings. The van der Waals surface area contributed by atoms with E-state index in [1.54, 1.807) is 6.26 Å². The van der Waals surface area contributed by atoms with Crippen molar-refractivity contribution in [3.63, 3.8) is 0 Å². The Bertz CT molecular complexity index is 501. The highest BCUT2D eigenvalue weighted by Crippen LogP contribution is 2.19. The lowest BCUT2D eigenvalue weighted by atomic mass is 10.2. The Morgan fingerprint density at radius 2 is 2.19 bits per heavy atom. The van der Waals surface area contributed by atoms with Gasteiger partial charge in [0.25, 0.3) is 0 Å². The lowest BCUT2D eigenvalue weighted by Gasteiger charge is -2.13. The molecule has 0 fully saturated rings. The number of hydrogen-bond acceptors (Lipinski definition) is 2. The summed E-state index contributed by atoms with van der Waals surface area (Å²) in [5.74, 6) is 0.921. The van der Waals surface area contributed by atoms with Gasteiger partial charge in [0.2, 0.25) is 0 Å². The zero-order valence-corrected chi connectivity index (χ0v) is 9.47. The molecule has 2 rings (SSSR count). The van der Waals surface area contributed by atoms with E-state index in [4.69, 9.17) is 9.68 Å². The lowest BCUT2D eigenvalue weighted by Crippen LogP contribution is -2.07. The highest BCUT2D eigenvalue weighted by Gasteiger charge is 2.11. The first-order valence-corrected chi connectivity index (χ1v) is 5.35. The number of nitrogens with zero attached hydrogens (tertiary/aromatic N) is 2. The van der Waals surface area contributed by atoms with Crippen molar-refractivity contribution in [1.29, 1.82) is 5.26 Å². The van der Waals surface area contributed by atoms with Crippen LogP contribution >= 0.6 is 0 Å². The van der Waals surface area contributed by atoms with Crippen molar-refractivity contribution < 1.29 is 4.42 Å². The van der Waals surface area contributed by atoms with Crippen LogP contribution in [0.2, 0.25) is 0 Å². The van der Waals surface area contributed by atoms with Gasteiger partial charge in [0.15, 0.2) is 0 Å². The molecule has 0 unspecified atom stereocenters. The van der Waals surface area contributed by atoms with Crippen LogP contribution < -0.4 is 0 Å². The average Bonchev–Trinajstić information content (AvgIpc) is 2.87. The predicted molar refractivity (Wildman–Crippen MR) is 61.0 cm³/mol. The molecular weight excluding hydrogens is 200 g/mol. The standard InChI is InChI=1S/C13H14N2O/c1-10(2)15-11(5-6-12(15)9-14)8-13-4-3-7-16-13/h3-7,10H,8H2,1-2H3. The molecule has 3 heteroatoms. The molecule has 0 amide bonds. The van der Waals surface area contributed by atoms with Gasteiger partial charge >= 0.3 is 0 Å². The van der Waals surface area contributed by atoms with Gasteiger partial charge in [-0.1, -0.05) is 0 Å². The quantitative estimate of drug-likeness (QED) is 0.787. The van der Waals surface area contributed by atoms with E-state index in [1.807, 2.05) is 28.8 Å². The lowest BCUT2D eigenvalue weighted by molar-refractivity contribution is 0.506. The zero-order valence-electron chi connectivity index (χ0n) is 9.47.